The number of amides is 2. The highest BCUT2D eigenvalue weighted by atomic mass is 32.2. The van der Waals surface area contributed by atoms with Crippen LogP contribution in [0.2, 0.25) is 0 Å². The molecule has 1 atom stereocenters. The summed E-state index contributed by atoms with van der Waals surface area (Å²) in [6.07, 6.45) is 3.92. The Morgan fingerprint density at radius 2 is 1.56 bits per heavy atom. The highest BCUT2D eigenvalue weighted by Gasteiger charge is 2.33. The quantitative estimate of drug-likeness (QED) is 0.392. The summed E-state index contributed by atoms with van der Waals surface area (Å²) in [5, 5.41) is 3.06. The number of anilines is 1. The maximum atomic E-state index is 13.9. The first kappa shape index (κ1) is 28.3. The van der Waals surface area contributed by atoms with Crippen molar-refractivity contribution in [2.24, 2.45) is 0 Å². The highest BCUT2D eigenvalue weighted by Crippen LogP contribution is 2.25. The molecule has 0 saturated heterocycles. The van der Waals surface area contributed by atoms with Crippen molar-refractivity contribution in [3.8, 4) is 0 Å². The summed E-state index contributed by atoms with van der Waals surface area (Å²) in [6.45, 7) is 3.23. The Hall–Kier alpha value is -3.72. The van der Waals surface area contributed by atoms with E-state index >= 15 is 0 Å². The van der Waals surface area contributed by atoms with Crippen LogP contribution in [0.1, 0.15) is 43.7 Å². The molecule has 4 rings (SSSR count). The van der Waals surface area contributed by atoms with E-state index in [2.05, 4.69) is 5.32 Å². The maximum absolute atomic E-state index is 13.9. The van der Waals surface area contributed by atoms with Gasteiger partial charge in [-0.2, -0.15) is 0 Å². The molecule has 2 amide bonds. The molecule has 0 spiro atoms. The third-order valence-electron chi connectivity index (χ3n) is 7.07. The third-order valence-corrected chi connectivity index (χ3v) is 8.86. The van der Waals surface area contributed by atoms with Gasteiger partial charge in [-0.05, 0) is 68.7 Å². The van der Waals surface area contributed by atoms with E-state index in [1.807, 2.05) is 31.2 Å². The lowest BCUT2D eigenvalue weighted by atomic mass is 10.1. The van der Waals surface area contributed by atoms with Crippen LogP contribution < -0.4 is 9.62 Å². The molecule has 1 N–H and O–H groups in total. The van der Waals surface area contributed by atoms with Crippen LogP contribution in [0.25, 0.3) is 0 Å². The molecule has 0 aliphatic heterocycles. The van der Waals surface area contributed by atoms with Gasteiger partial charge in [-0.1, -0.05) is 60.9 Å². The molecule has 0 radical (unpaired) electrons. The number of halogens is 1. The van der Waals surface area contributed by atoms with Gasteiger partial charge in [0.05, 0.1) is 10.6 Å². The van der Waals surface area contributed by atoms with Gasteiger partial charge in [0.1, 0.15) is 18.4 Å². The van der Waals surface area contributed by atoms with Crippen LogP contribution in [0.5, 0.6) is 0 Å². The standard InChI is InChI=1S/C30H34FN3O4S/c1-22-12-14-24(15-13-22)20-33(23(2)30(36)32-26-8-6-7-9-26)29(35)21-34(27-10-4-3-5-11-27)39(37,38)28-18-16-25(31)17-19-28/h3-5,10-19,23,26H,6-9,20-21H2,1-2H3,(H,32,36)/t23-/m1/s1. The number of sulfonamides is 1. The topological polar surface area (TPSA) is 86.8 Å². The second-order valence-corrected chi connectivity index (χ2v) is 11.8. The Morgan fingerprint density at radius 3 is 2.18 bits per heavy atom. The van der Waals surface area contributed by atoms with Crippen molar-refractivity contribution >= 4 is 27.5 Å². The molecule has 0 unspecified atom stereocenters. The predicted octanol–water partition coefficient (Wildman–Crippen LogP) is 4.81. The second kappa shape index (κ2) is 12.4. The molecule has 1 fully saturated rings. The van der Waals surface area contributed by atoms with E-state index in [0.29, 0.717) is 0 Å². The molecule has 39 heavy (non-hydrogen) atoms. The Labute approximate surface area is 229 Å². The SMILES string of the molecule is Cc1ccc(CN(C(=O)CN(c2ccccc2)S(=O)(=O)c2ccc(F)cc2)[C@H](C)C(=O)NC2CCCC2)cc1. The minimum Gasteiger partial charge on any atom is -0.352 e. The number of rotatable bonds is 10. The monoisotopic (exact) mass is 551 g/mol. The van der Waals surface area contributed by atoms with Crippen molar-refractivity contribution in [3.63, 3.8) is 0 Å². The van der Waals surface area contributed by atoms with Gasteiger partial charge in [0, 0.05) is 12.6 Å². The fourth-order valence-electron chi connectivity index (χ4n) is 4.72. The molecule has 1 aliphatic rings. The Morgan fingerprint density at radius 1 is 0.949 bits per heavy atom. The molecule has 9 heteroatoms. The molecule has 0 bridgehead atoms. The van der Waals surface area contributed by atoms with Crippen LogP contribution in [-0.2, 0) is 26.2 Å². The highest BCUT2D eigenvalue weighted by molar-refractivity contribution is 7.92. The van der Waals surface area contributed by atoms with Crippen LogP contribution in [0.15, 0.2) is 83.8 Å². The summed E-state index contributed by atoms with van der Waals surface area (Å²) >= 11 is 0. The summed E-state index contributed by atoms with van der Waals surface area (Å²) in [4.78, 5) is 28.4. The fourth-order valence-corrected chi connectivity index (χ4v) is 6.14. The van der Waals surface area contributed by atoms with E-state index in [4.69, 9.17) is 0 Å². The number of benzene rings is 3. The zero-order chi connectivity index (χ0) is 28.0. The number of nitrogens with one attached hydrogen (secondary N) is 1. The van der Waals surface area contributed by atoms with Gasteiger partial charge >= 0.3 is 0 Å². The smallest absolute Gasteiger partial charge is 0.264 e. The fraction of sp³-hybridized carbons (Fsp3) is 0.333. The molecular formula is C30H34FN3O4S. The van der Waals surface area contributed by atoms with Gasteiger partial charge in [0.25, 0.3) is 10.0 Å². The lowest BCUT2D eigenvalue weighted by Gasteiger charge is -2.32. The molecule has 0 heterocycles. The number of nitrogens with zero attached hydrogens (tertiary/aromatic N) is 2. The van der Waals surface area contributed by atoms with E-state index in [1.165, 1.54) is 17.0 Å². The van der Waals surface area contributed by atoms with Crippen molar-refractivity contribution in [3.05, 3.63) is 95.8 Å². The van der Waals surface area contributed by atoms with Gasteiger partial charge in [-0.15, -0.1) is 0 Å². The number of aryl methyl sites for hydroxylation is 1. The first-order valence-corrected chi connectivity index (χ1v) is 14.6. The summed E-state index contributed by atoms with van der Waals surface area (Å²) in [6, 6.07) is 19.6. The van der Waals surface area contributed by atoms with Crippen molar-refractivity contribution < 1.29 is 22.4 Å². The Balaban J connectivity index is 1.66. The van der Waals surface area contributed by atoms with E-state index in [9.17, 15) is 22.4 Å². The summed E-state index contributed by atoms with van der Waals surface area (Å²) < 4.78 is 41.9. The van der Waals surface area contributed by atoms with Gasteiger partial charge in [-0.25, -0.2) is 12.8 Å². The van der Waals surface area contributed by atoms with Crippen LogP contribution in [0.4, 0.5) is 10.1 Å². The average Bonchev–Trinajstić information content (AvgIpc) is 3.44. The molecule has 0 aromatic heterocycles. The third kappa shape index (κ3) is 7.03. The van der Waals surface area contributed by atoms with Crippen molar-refractivity contribution in [1.82, 2.24) is 10.2 Å². The lowest BCUT2D eigenvalue weighted by Crippen LogP contribution is -2.52. The van der Waals surface area contributed by atoms with E-state index < -0.39 is 34.3 Å². The summed E-state index contributed by atoms with van der Waals surface area (Å²) in [5.74, 6) is -1.36. The normalized spacial score (nSPS) is 14.5. The van der Waals surface area contributed by atoms with E-state index in [-0.39, 0.29) is 29.1 Å². The van der Waals surface area contributed by atoms with E-state index in [0.717, 1.165) is 53.2 Å². The second-order valence-electron chi connectivity index (χ2n) is 9.97. The van der Waals surface area contributed by atoms with Crippen LogP contribution in [0.3, 0.4) is 0 Å². The largest absolute Gasteiger partial charge is 0.352 e. The molecule has 206 valence electrons. The Bertz CT molecular complexity index is 1370. The number of para-hydroxylation sites is 1. The number of hydrogen-bond donors (Lipinski definition) is 1. The average molecular weight is 552 g/mol. The Kier molecular flexibility index (Phi) is 9.01. The number of hydrogen-bond acceptors (Lipinski definition) is 4. The minimum absolute atomic E-state index is 0.0796. The van der Waals surface area contributed by atoms with Gasteiger partial charge in [-0.3, -0.25) is 13.9 Å². The van der Waals surface area contributed by atoms with Crippen LogP contribution in [-0.4, -0.2) is 43.8 Å². The van der Waals surface area contributed by atoms with Gasteiger partial charge < -0.3 is 10.2 Å². The molecule has 1 saturated carbocycles. The molecule has 1 aliphatic carbocycles. The van der Waals surface area contributed by atoms with Gasteiger partial charge in [0.2, 0.25) is 11.8 Å². The molecule has 3 aromatic carbocycles. The van der Waals surface area contributed by atoms with Crippen LogP contribution >= 0.6 is 0 Å². The lowest BCUT2D eigenvalue weighted by molar-refractivity contribution is -0.139. The first-order chi connectivity index (χ1) is 18.6. The molecular weight excluding hydrogens is 517 g/mol. The zero-order valence-corrected chi connectivity index (χ0v) is 23.0. The summed E-state index contributed by atoms with van der Waals surface area (Å²) in [5.41, 5.74) is 2.17. The van der Waals surface area contributed by atoms with Crippen molar-refractivity contribution in [1.29, 1.82) is 0 Å². The van der Waals surface area contributed by atoms with Crippen molar-refractivity contribution in [2.45, 2.75) is 63.1 Å². The predicted molar refractivity (Wildman–Crippen MR) is 149 cm³/mol. The minimum atomic E-state index is -4.22. The molecule has 3 aromatic rings. The van der Waals surface area contributed by atoms with E-state index in [1.54, 1.807) is 37.3 Å². The number of carbonyl (C=O) groups is 2. The first-order valence-electron chi connectivity index (χ1n) is 13.1. The van der Waals surface area contributed by atoms with Gasteiger partial charge in [0.15, 0.2) is 0 Å². The zero-order valence-electron chi connectivity index (χ0n) is 22.2. The van der Waals surface area contributed by atoms with Crippen molar-refractivity contribution in [2.75, 3.05) is 10.8 Å². The molecule has 7 nitrogen and oxygen atoms in total. The number of carbonyl (C=O) groups excluding carboxylic acids is 2. The van der Waals surface area contributed by atoms with Crippen LogP contribution in [0, 0.1) is 12.7 Å². The summed E-state index contributed by atoms with van der Waals surface area (Å²) in [7, 11) is -4.22. The maximum Gasteiger partial charge on any atom is 0.264 e.